The van der Waals surface area contributed by atoms with Crippen LogP contribution in [0.5, 0.6) is 0 Å². The summed E-state index contributed by atoms with van der Waals surface area (Å²) in [5.74, 6) is -0.594. The number of nitrogens with one attached hydrogen (secondary N) is 1. The number of allylic oxidation sites excluding steroid dienone is 6. The van der Waals surface area contributed by atoms with E-state index in [2.05, 4.69) is 55.6 Å². The van der Waals surface area contributed by atoms with E-state index in [9.17, 15) is 25.2 Å². The minimum Gasteiger partial charge on any atom is -0.394 e. The van der Waals surface area contributed by atoms with Crippen molar-refractivity contribution in [3.05, 3.63) is 36.5 Å². The van der Waals surface area contributed by atoms with Gasteiger partial charge in [0, 0.05) is 0 Å². The molecule has 6 heteroatoms. The molecule has 71 heavy (non-hydrogen) atoms. The first-order valence-corrected chi connectivity index (χ1v) is 31.9. The van der Waals surface area contributed by atoms with Gasteiger partial charge in [-0.2, -0.15) is 0 Å². The van der Waals surface area contributed by atoms with E-state index in [1.54, 1.807) is 0 Å². The predicted molar refractivity (Wildman–Crippen MR) is 311 cm³/mol. The summed E-state index contributed by atoms with van der Waals surface area (Å²) in [6.45, 7) is 4.06. The van der Waals surface area contributed by atoms with E-state index in [0.29, 0.717) is 19.3 Å². The van der Waals surface area contributed by atoms with E-state index in [1.165, 1.54) is 257 Å². The summed E-state index contributed by atoms with van der Waals surface area (Å²) in [5.41, 5.74) is 0. The summed E-state index contributed by atoms with van der Waals surface area (Å²) in [7, 11) is 0. The summed E-state index contributed by atoms with van der Waals surface area (Å²) in [5, 5.41) is 44.0. The van der Waals surface area contributed by atoms with Crippen LogP contribution in [0.25, 0.3) is 0 Å². The van der Waals surface area contributed by atoms with Gasteiger partial charge in [-0.25, -0.2) is 0 Å². The Balaban J connectivity index is 3.55. The molecule has 0 rings (SSSR count). The average Bonchev–Trinajstić information content (AvgIpc) is 3.38. The van der Waals surface area contributed by atoms with Crippen molar-refractivity contribution >= 4 is 5.91 Å². The Kier molecular flexibility index (Phi) is 58.2. The zero-order valence-electron chi connectivity index (χ0n) is 47.7. The summed E-state index contributed by atoms with van der Waals surface area (Å²) in [6.07, 6.45) is 75.4. The normalized spacial score (nSPS) is 13.8. The third kappa shape index (κ3) is 53.2. The van der Waals surface area contributed by atoms with Crippen LogP contribution < -0.4 is 5.32 Å². The Bertz CT molecular complexity index is 1120. The van der Waals surface area contributed by atoms with Crippen LogP contribution in [0, 0.1) is 0 Å². The van der Waals surface area contributed by atoms with Gasteiger partial charge in [0.15, 0.2) is 0 Å². The fourth-order valence-electron chi connectivity index (χ4n) is 10.1. The first-order valence-electron chi connectivity index (χ1n) is 31.9. The maximum Gasteiger partial charge on any atom is 0.249 e. The number of hydrogen-bond acceptors (Lipinski definition) is 5. The van der Waals surface area contributed by atoms with Crippen molar-refractivity contribution in [1.29, 1.82) is 0 Å². The number of hydrogen-bond donors (Lipinski definition) is 5. The highest BCUT2D eigenvalue weighted by molar-refractivity contribution is 5.80. The Morgan fingerprint density at radius 1 is 0.338 bits per heavy atom. The van der Waals surface area contributed by atoms with Crippen molar-refractivity contribution in [2.45, 2.75) is 366 Å². The van der Waals surface area contributed by atoms with Crippen LogP contribution in [0.2, 0.25) is 0 Å². The zero-order chi connectivity index (χ0) is 51.6. The molecule has 0 heterocycles. The Hall–Kier alpha value is -1.47. The fraction of sp³-hybridized carbons (Fsp3) is 0.892. The van der Waals surface area contributed by atoms with Crippen LogP contribution in [0.3, 0.4) is 0 Å². The van der Waals surface area contributed by atoms with Gasteiger partial charge in [0.1, 0.15) is 12.2 Å². The second-order valence-corrected chi connectivity index (χ2v) is 22.1. The number of unbranched alkanes of at least 4 members (excludes halogenated alkanes) is 44. The quantitative estimate of drug-likeness (QED) is 0.0308. The maximum absolute atomic E-state index is 12.6. The van der Waals surface area contributed by atoms with Crippen molar-refractivity contribution in [3.8, 4) is 0 Å². The predicted octanol–water partition coefficient (Wildman–Crippen LogP) is 19.1. The van der Waals surface area contributed by atoms with E-state index in [0.717, 1.165) is 51.4 Å². The highest BCUT2D eigenvalue weighted by Gasteiger charge is 2.28. The molecule has 0 aromatic carbocycles. The molecule has 5 N–H and O–H groups in total. The number of amides is 1. The molecule has 0 saturated heterocycles. The van der Waals surface area contributed by atoms with Gasteiger partial charge in [0.25, 0.3) is 0 Å². The molecule has 0 bridgehead atoms. The summed E-state index contributed by atoms with van der Waals surface area (Å²) in [6, 6.07) is -1.01. The zero-order valence-corrected chi connectivity index (χ0v) is 47.7. The summed E-state index contributed by atoms with van der Waals surface area (Å²) in [4.78, 5) is 12.6. The molecule has 0 aliphatic rings. The van der Waals surface area contributed by atoms with Crippen LogP contribution in [0.4, 0.5) is 0 Å². The van der Waals surface area contributed by atoms with Gasteiger partial charge < -0.3 is 25.7 Å². The molecule has 0 aromatic heterocycles. The van der Waals surface area contributed by atoms with Gasteiger partial charge >= 0.3 is 0 Å². The lowest BCUT2D eigenvalue weighted by Crippen LogP contribution is -2.53. The van der Waals surface area contributed by atoms with Crippen LogP contribution in [0.15, 0.2) is 36.5 Å². The van der Waals surface area contributed by atoms with E-state index in [1.807, 2.05) is 0 Å². The first-order chi connectivity index (χ1) is 35.0. The van der Waals surface area contributed by atoms with Crippen LogP contribution in [0.1, 0.15) is 341 Å². The third-order valence-electron chi connectivity index (χ3n) is 15.1. The lowest BCUT2D eigenvalue weighted by atomic mass is 10.00. The standard InChI is InChI=1S/C65H125NO5/c1-3-5-7-9-11-13-15-17-19-21-23-24-25-26-27-28-29-30-31-32-33-34-35-36-37-38-39-41-43-45-47-49-51-53-55-57-59-63(69)65(71)66-61(60-67)64(70)62(68)58-56-54-52-50-48-46-44-42-40-22-20-18-16-14-12-10-8-6-4-2/h18,20,42,44,50,52,61-64,67-70H,3-17,19,21-41,43,45-49,51,53-60H2,1-2H3,(H,66,71)/b20-18+,44-42+,52-50+. The van der Waals surface area contributed by atoms with Crippen LogP contribution in [-0.4, -0.2) is 57.3 Å². The Labute approximate surface area is 443 Å². The van der Waals surface area contributed by atoms with Gasteiger partial charge in [-0.15, -0.1) is 0 Å². The van der Waals surface area contributed by atoms with Crippen molar-refractivity contribution in [1.82, 2.24) is 5.32 Å². The molecule has 0 aliphatic heterocycles. The molecule has 0 spiro atoms. The SMILES string of the molecule is CCCCCCCC/C=C/CC/C=C/CC/C=C/CCCC(O)C(O)C(CO)NC(=O)C(O)CCCCCCCCCCCCCCCCCCCCCCCCCCCCCCCCCCCCCC. The Morgan fingerprint density at radius 3 is 0.887 bits per heavy atom. The summed E-state index contributed by atoms with van der Waals surface area (Å²) < 4.78 is 0. The molecule has 0 fully saturated rings. The van der Waals surface area contributed by atoms with Gasteiger partial charge in [0.05, 0.1) is 18.8 Å². The molecule has 0 radical (unpaired) electrons. The highest BCUT2D eigenvalue weighted by Crippen LogP contribution is 2.19. The van der Waals surface area contributed by atoms with Gasteiger partial charge in [0.2, 0.25) is 5.91 Å². The number of aliphatic hydroxyl groups is 4. The minimum absolute atomic E-state index is 0.362. The van der Waals surface area contributed by atoms with Gasteiger partial charge in [-0.1, -0.05) is 314 Å². The number of rotatable bonds is 59. The smallest absolute Gasteiger partial charge is 0.249 e. The topological polar surface area (TPSA) is 110 Å². The maximum atomic E-state index is 12.6. The lowest BCUT2D eigenvalue weighted by molar-refractivity contribution is -0.132. The van der Waals surface area contributed by atoms with E-state index < -0.39 is 36.9 Å². The second kappa shape index (κ2) is 59.4. The molecule has 6 nitrogen and oxygen atoms in total. The molecule has 4 atom stereocenters. The first kappa shape index (κ1) is 69.5. The summed E-state index contributed by atoms with van der Waals surface area (Å²) >= 11 is 0. The minimum atomic E-state index is -1.29. The second-order valence-electron chi connectivity index (χ2n) is 22.1. The van der Waals surface area contributed by atoms with Crippen molar-refractivity contribution in [2.75, 3.05) is 6.61 Å². The molecule has 0 aromatic rings. The van der Waals surface area contributed by atoms with Crippen molar-refractivity contribution < 1.29 is 25.2 Å². The molecule has 4 unspecified atom stereocenters. The van der Waals surface area contributed by atoms with E-state index >= 15 is 0 Å². The lowest BCUT2D eigenvalue weighted by Gasteiger charge is -2.27. The fourth-order valence-corrected chi connectivity index (χ4v) is 10.1. The molecule has 0 aliphatic carbocycles. The third-order valence-corrected chi connectivity index (χ3v) is 15.1. The molecule has 0 saturated carbocycles. The molecule has 420 valence electrons. The van der Waals surface area contributed by atoms with Crippen molar-refractivity contribution in [3.63, 3.8) is 0 Å². The number of carbonyl (C=O) groups is 1. The molecule has 1 amide bonds. The van der Waals surface area contributed by atoms with Crippen LogP contribution in [-0.2, 0) is 4.79 Å². The monoisotopic (exact) mass is 1000 g/mol. The molecular formula is C65H125NO5. The largest absolute Gasteiger partial charge is 0.394 e. The van der Waals surface area contributed by atoms with Gasteiger partial charge in [-0.05, 0) is 64.2 Å². The van der Waals surface area contributed by atoms with Crippen molar-refractivity contribution in [2.24, 2.45) is 0 Å². The van der Waals surface area contributed by atoms with Crippen LogP contribution >= 0.6 is 0 Å². The highest BCUT2D eigenvalue weighted by atomic mass is 16.3. The van der Waals surface area contributed by atoms with E-state index in [-0.39, 0.29) is 0 Å². The average molecular weight is 1000 g/mol. The molecular weight excluding hydrogens is 875 g/mol. The Morgan fingerprint density at radius 2 is 0.592 bits per heavy atom. The number of carbonyl (C=O) groups excluding carboxylic acids is 1. The van der Waals surface area contributed by atoms with Gasteiger partial charge in [-0.3, -0.25) is 4.79 Å². The van der Waals surface area contributed by atoms with E-state index in [4.69, 9.17) is 0 Å². The number of aliphatic hydroxyl groups excluding tert-OH is 4.